The number of nitrogens with zero attached hydrogens (tertiary/aromatic N) is 2. The Labute approximate surface area is 97.2 Å². The van der Waals surface area contributed by atoms with Gasteiger partial charge in [0.2, 0.25) is 0 Å². The predicted octanol–water partition coefficient (Wildman–Crippen LogP) is 3.35. The molecule has 1 heterocycles. The molecule has 0 bridgehead atoms. The molecule has 0 aliphatic carbocycles. The first-order chi connectivity index (χ1) is 7.58. The zero-order chi connectivity index (χ0) is 11.7. The van der Waals surface area contributed by atoms with E-state index >= 15 is 0 Å². The lowest BCUT2D eigenvalue weighted by Crippen LogP contribution is -1.98. The SMILES string of the molecule is Fc1cc(F)c(F)c(Nc2nsnc2Cl)c1. The van der Waals surface area contributed by atoms with Crippen molar-refractivity contribution in [3.8, 4) is 0 Å². The van der Waals surface area contributed by atoms with E-state index in [0.717, 1.165) is 17.8 Å². The summed E-state index contributed by atoms with van der Waals surface area (Å²) in [5.74, 6) is -3.34. The van der Waals surface area contributed by atoms with Gasteiger partial charge in [-0.15, -0.1) is 0 Å². The lowest BCUT2D eigenvalue weighted by molar-refractivity contribution is 0.498. The molecule has 0 amide bonds. The van der Waals surface area contributed by atoms with Gasteiger partial charge in [0.25, 0.3) is 0 Å². The summed E-state index contributed by atoms with van der Waals surface area (Å²) in [6.07, 6.45) is 0. The summed E-state index contributed by atoms with van der Waals surface area (Å²) in [6.45, 7) is 0. The molecule has 84 valence electrons. The predicted molar refractivity (Wildman–Crippen MR) is 54.5 cm³/mol. The summed E-state index contributed by atoms with van der Waals surface area (Å²) in [6, 6.07) is 1.25. The fourth-order valence-corrected chi connectivity index (χ4v) is 1.67. The normalized spacial score (nSPS) is 10.5. The van der Waals surface area contributed by atoms with Crippen LogP contribution >= 0.6 is 23.3 Å². The molecule has 2 rings (SSSR count). The summed E-state index contributed by atoms with van der Waals surface area (Å²) in [7, 11) is 0. The van der Waals surface area contributed by atoms with Gasteiger partial charge in [0.15, 0.2) is 22.6 Å². The fourth-order valence-electron chi connectivity index (χ4n) is 1.03. The smallest absolute Gasteiger partial charge is 0.187 e. The maximum absolute atomic E-state index is 13.2. The number of halogens is 4. The molecule has 0 spiro atoms. The van der Waals surface area contributed by atoms with Gasteiger partial charge in [-0.2, -0.15) is 8.75 Å². The van der Waals surface area contributed by atoms with Crippen molar-refractivity contribution >= 4 is 34.8 Å². The molecular weight excluding hydrogens is 263 g/mol. The highest BCUT2D eigenvalue weighted by Crippen LogP contribution is 2.26. The molecule has 3 nitrogen and oxygen atoms in total. The average Bonchev–Trinajstić information content (AvgIpc) is 2.60. The van der Waals surface area contributed by atoms with Crippen molar-refractivity contribution in [2.75, 3.05) is 5.32 Å². The Bertz CT molecular complexity index is 531. The van der Waals surface area contributed by atoms with Crippen LogP contribution in [0.2, 0.25) is 5.15 Å². The van der Waals surface area contributed by atoms with Crippen LogP contribution in [0, 0.1) is 17.5 Å². The van der Waals surface area contributed by atoms with Crippen molar-refractivity contribution < 1.29 is 13.2 Å². The Kier molecular flexibility index (Phi) is 2.97. The lowest BCUT2D eigenvalue weighted by Gasteiger charge is -2.05. The van der Waals surface area contributed by atoms with Gasteiger partial charge in [-0.3, -0.25) is 0 Å². The van der Waals surface area contributed by atoms with E-state index in [1.807, 2.05) is 0 Å². The van der Waals surface area contributed by atoms with E-state index < -0.39 is 17.5 Å². The summed E-state index contributed by atoms with van der Waals surface area (Å²) in [5.41, 5.74) is -0.382. The molecule has 1 aromatic heterocycles. The van der Waals surface area contributed by atoms with Crippen LogP contribution in [0.1, 0.15) is 0 Å². The van der Waals surface area contributed by atoms with Gasteiger partial charge in [0, 0.05) is 12.1 Å². The highest BCUT2D eigenvalue weighted by Gasteiger charge is 2.13. The second-order valence-corrected chi connectivity index (χ2v) is 3.66. The molecule has 0 saturated heterocycles. The first-order valence-electron chi connectivity index (χ1n) is 3.97. The second kappa shape index (κ2) is 4.26. The van der Waals surface area contributed by atoms with E-state index in [2.05, 4.69) is 14.1 Å². The summed E-state index contributed by atoms with van der Waals surface area (Å²) in [5, 5.41) is 2.36. The lowest BCUT2D eigenvalue weighted by atomic mass is 10.3. The maximum Gasteiger partial charge on any atom is 0.187 e. The van der Waals surface area contributed by atoms with Crippen molar-refractivity contribution in [3.63, 3.8) is 0 Å². The van der Waals surface area contributed by atoms with Crippen LogP contribution in [-0.2, 0) is 0 Å². The molecule has 0 aliphatic heterocycles. The molecule has 0 aliphatic rings. The van der Waals surface area contributed by atoms with E-state index in [1.165, 1.54) is 0 Å². The van der Waals surface area contributed by atoms with E-state index in [4.69, 9.17) is 11.6 Å². The number of hydrogen-bond acceptors (Lipinski definition) is 4. The summed E-state index contributed by atoms with van der Waals surface area (Å²) in [4.78, 5) is 0. The van der Waals surface area contributed by atoms with E-state index in [0.29, 0.717) is 6.07 Å². The molecule has 0 fully saturated rings. The zero-order valence-electron chi connectivity index (χ0n) is 7.47. The minimum absolute atomic E-state index is 0.00840. The number of anilines is 2. The topological polar surface area (TPSA) is 37.8 Å². The highest BCUT2D eigenvalue weighted by atomic mass is 35.5. The van der Waals surface area contributed by atoms with E-state index in [-0.39, 0.29) is 16.7 Å². The monoisotopic (exact) mass is 265 g/mol. The van der Waals surface area contributed by atoms with Crippen molar-refractivity contribution in [3.05, 3.63) is 34.7 Å². The number of rotatable bonds is 2. The quantitative estimate of drug-likeness (QED) is 0.846. The minimum atomic E-state index is -1.29. The molecule has 0 unspecified atom stereocenters. The largest absolute Gasteiger partial charge is 0.334 e. The molecule has 16 heavy (non-hydrogen) atoms. The zero-order valence-corrected chi connectivity index (χ0v) is 9.04. The van der Waals surface area contributed by atoms with Crippen LogP contribution in [0.15, 0.2) is 12.1 Å². The Morgan fingerprint density at radius 1 is 1.19 bits per heavy atom. The van der Waals surface area contributed by atoms with Crippen molar-refractivity contribution in [1.82, 2.24) is 8.75 Å². The molecule has 1 aromatic carbocycles. The fraction of sp³-hybridized carbons (Fsp3) is 0. The second-order valence-electron chi connectivity index (χ2n) is 2.78. The van der Waals surface area contributed by atoms with Crippen LogP contribution in [0.5, 0.6) is 0 Å². The first kappa shape index (κ1) is 11.2. The molecule has 0 atom stereocenters. The van der Waals surface area contributed by atoms with Gasteiger partial charge < -0.3 is 5.32 Å². The Balaban J connectivity index is 2.38. The van der Waals surface area contributed by atoms with Gasteiger partial charge in [0.1, 0.15) is 5.82 Å². The maximum atomic E-state index is 13.2. The van der Waals surface area contributed by atoms with Crippen LogP contribution in [-0.4, -0.2) is 8.75 Å². The average molecular weight is 266 g/mol. The standard InChI is InChI=1S/C8H3ClF3N3S/c9-7-8(15-16-14-7)13-5-2-3(10)1-4(11)6(5)12/h1-2H,(H,13,15). The third-order valence-corrected chi connectivity index (χ3v) is 2.59. The summed E-state index contributed by atoms with van der Waals surface area (Å²) >= 11 is 6.38. The Morgan fingerprint density at radius 3 is 2.56 bits per heavy atom. The Hall–Kier alpha value is -1.34. The van der Waals surface area contributed by atoms with Crippen molar-refractivity contribution in [2.24, 2.45) is 0 Å². The van der Waals surface area contributed by atoms with E-state index in [9.17, 15) is 13.2 Å². The molecule has 0 radical (unpaired) electrons. The van der Waals surface area contributed by atoms with E-state index in [1.54, 1.807) is 0 Å². The van der Waals surface area contributed by atoms with Crippen molar-refractivity contribution in [1.29, 1.82) is 0 Å². The van der Waals surface area contributed by atoms with Crippen molar-refractivity contribution in [2.45, 2.75) is 0 Å². The Morgan fingerprint density at radius 2 is 1.94 bits per heavy atom. The molecule has 2 aromatic rings. The third-order valence-electron chi connectivity index (χ3n) is 1.69. The number of benzene rings is 1. The van der Waals surface area contributed by atoms with Gasteiger partial charge in [-0.05, 0) is 0 Å². The van der Waals surface area contributed by atoms with Crippen LogP contribution in [0.3, 0.4) is 0 Å². The number of aromatic nitrogens is 2. The van der Waals surface area contributed by atoms with Crippen LogP contribution < -0.4 is 5.32 Å². The van der Waals surface area contributed by atoms with Crippen LogP contribution in [0.4, 0.5) is 24.7 Å². The van der Waals surface area contributed by atoms with Gasteiger partial charge in [-0.1, -0.05) is 11.6 Å². The molecular formula is C8H3ClF3N3S. The van der Waals surface area contributed by atoms with Crippen LogP contribution in [0.25, 0.3) is 0 Å². The highest BCUT2D eigenvalue weighted by molar-refractivity contribution is 6.99. The molecule has 8 heteroatoms. The number of nitrogens with one attached hydrogen (secondary N) is 1. The molecule has 1 N–H and O–H groups in total. The molecule has 0 saturated carbocycles. The minimum Gasteiger partial charge on any atom is -0.334 e. The summed E-state index contributed by atoms with van der Waals surface area (Å²) < 4.78 is 46.2. The van der Waals surface area contributed by atoms with Gasteiger partial charge in [0.05, 0.1) is 17.4 Å². The van der Waals surface area contributed by atoms with Gasteiger partial charge >= 0.3 is 0 Å². The number of hydrogen-bond donors (Lipinski definition) is 1. The first-order valence-corrected chi connectivity index (χ1v) is 5.08. The van der Waals surface area contributed by atoms with Gasteiger partial charge in [-0.25, -0.2) is 13.2 Å². The third kappa shape index (κ3) is 2.10.